The van der Waals surface area contributed by atoms with Crippen molar-refractivity contribution in [2.75, 3.05) is 43.4 Å². The first-order valence-corrected chi connectivity index (χ1v) is 13.8. The minimum atomic E-state index is -5.12. The van der Waals surface area contributed by atoms with Crippen molar-refractivity contribution in [3.8, 4) is 22.6 Å². The first-order valence-electron chi connectivity index (χ1n) is 13.8. The van der Waals surface area contributed by atoms with Gasteiger partial charge in [-0.1, -0.05) is 36.4 Å². The summed E-state index contributed by atoms with van der Waals surface area (Å²) in [6.45, 7) is 1.89. The predicted octanol–water partition coefficient (Wildman–Crippen LogP) is 5.58. The Morgan fingerprint density at radius 3 is 2.23 bits per heavy atom. The molecule has 0 saturated carbocycles. The number of amides is 1. The molecule has 0 aliphatic carbocycles. The molecule has 12 heteroatoms. The molecule has 2 aromatic carbocycles. The maximum atomic E-state index is 13.5. The fourth-order valence-electron chi connectivity index (χ4n) is 5.13. The van der Waals surface area contributed by atoms with Gasteiger partial charge in [0.05, 0.1) is 0 Å². The van der Waals surface area contributed by atoms with E-state index in [0.717, 1.165) is 11.1 Å². The minimum Gasteiger partial charge on any atom is -0.420 e. The van der Waals surface area contributed by atoms with Crippen LogP contribution in [0, 0.1) is 0 Å². The van der Waals surface area contributed by atoms with E-state index >= 15 is 0 Å². The molecule has 1 aliphatic rings. The summed E-state index contributed by atoms with van der Waals surface area (Å²) in [6, 6.07) is 22.4. The highest BCUT2D eigenvalue weighted by Crippen LogP contribution is 2.34. The summed E-state index contributed by atoms with van der Waals surface area (Å²) in [5, 5.41) is 2.59. The molecule has 224 valence electrons. The molecule has 3 aromatic heterocycles. The van der Waals surface area contributed by atoms with E-state index in [-0.39, 0.29) is 28.7 Å². The van der Waals surface area contributed by atoms with Crippen molar-refractivity contribution in [1.29, 1.82) is 0 Å². The van der Waals surface area contributed by atoms with Crippen LogP contribution in [0.15, 0.2) is 89.5 Å². The van der Waals surface area contributed by atoms with Gasteiger partial charge in [-0.25, -0.2) is 4.98 Å². The van der Waals surface area contributed by atoms with Crippen molar-refractivity contribution >= 4 is 34.6 Å². The normalized spacial score (nSPS) is 14.1. The third kappa shape index (κ3) is 5.59. The van der Waals surface area contributed by atoms with E-state index in [1.54, 1.807) is 21.6 Å². The number of rotatable bonds is 7. The molecule has 1 saturated heterocycles. The SMILES string of the molecule is CN1CCN(c2oc(-c3ccc(NC(=O)C(=O)c4c(-c5ccccc5)cc5ccccn45)cc3)nc2C(=O)C(F)(F)F)CC1. The molecule has 0 bridgehead atoms. The number of alkyl halides is 3. The number of aromatic nitrogens is 2. The number of nitrogens with one attached hydrogen (secondary N) is 1. The van der Waals surface area contributed by atoms with Crippen LogP contribution < -0.4 is 10.2 Å². The van der Waals surface area contributed by atoms with Crippen molar-refractivity contribution in [2.24, 2.45) is 0 Å². The van der Waals surface area contributed by atoms with Crippen LogP contribution in [0.2, 0.25) is 0 Å². The Labute approximate surface area is 249 Å². The smallest absolute Gasteiger partial charge is 0.420 e. The van der Waals surface area contributed by atoms with Gasteiger partial charge in [-0.2, -0.15) is 13.2 Å². The number of carbonyl (C=O) groups is 3. The number of hydrogen-bond donors (Lipinski definition) is 1. The Bertz CT molecular complexity index is 1850. The maximum absolute atomic E-state index is 13.5. The van der Waals surface area contributed by atoms with Gasteiger partial charge in [-0.3, -0.25) is 14.4 Å². The van der Waals surface area contributed by atoms with Crippen molar-refractivity contribution in [2.45, 2.75) is 6.18 Å². The second kappa shape index (κ2) is 11.5. The molecule has 0 atom stereocenters. The molecule has 4 heterocycles. The van der Waals surface area contributed by atoms with Crippen LogP contribution in [-0.4, -0.2) is 71.2 Å². The topological polar surface area (TPSA) is 100 Å². The first kappa shape index (κ1) is 28.9. The lowest BCUT2D eigenvalue weighted by atomic mass is 10.0. The number of pyridine rings is 1. The van der Waals surface area contributed by atoms with Crippen LogP contribution in [-0.2, 0) is 4.79 Å². The number of benzene rings is 2. The lowest BCUT2D eigenvalue weighted by Gasteiger charge is -2.32. The van der Waals surface area contributed by atoms with Crippen LogP contribution in [0.5, 0.6) is 0 Å². The van der Waals surface area contributed by atoms with Crippen molar-refractivity contribution < 1.29 is 32.0 Å². The van der Waals surface area contributed by atoms with Crippen molar-refractivity contribution in [3.05, 3.63) is 96.4 Å². The zero-order chi connectivity index (χ0) is 31.0. The molecule has 44 heavy (non-hydrogen) atoms. The minimum absolute atomic E-state index is 0.173. The third-order valence-corrected chi connectivity index (χ3v) is 7.45. The van der Waals surface area contributed by atoms with Gasteiger partial charge < -0.3 is 23.9 Å². The second-order valence-electron chi connectivity index (χ2n) is 10.4. The lowest BCUT2D eigenvalue weighted by Crippen LogP contribution is -2.45. The molecular formula is C32H26F3N5O4. The number of fused-ring (bicyclic) bond motifs is 1. The molecule has 9 nitrogen and oxygen atoms in total. The summed E-state index contributed by atoms with van der Waals surface area (Å²) in [6.07, 6.45) is -3.41. The van der Waals surface area contributed by atoms with Gasteiger partial charge in [0.25, 0.3) is 17.5 Å². The molecule has 6 rings (SSSR count). The van der Waals surface area contributed by atoms with Crippen LogP contribution in [0.3, 0.4) is 0 Å². The van der Waals surface area contributed by atoms with E-state index in [4.69, 9.17) is 4.42 Å². The van der Waals surface area contributed by atoms with Gasteiger partial charge in [0.1, 0.15) is 5.69 Å². The average molecular weight is 602 g/mol. The molecule has 1 N–H and O–H groups in total. The number of Topliss-reactive ketones (excluding diaryl/α,β-unsaturated/α-hetero) is 2. The van der Waals surface area contributed by atoms with Gasteiger partial charge in [0.15, 0.2) is 5.69 Å². The lowest BCUT2D eigenvalue weighted by molar-refractivity contribution is -0.112. The number of nitrogens with zero attached hydrogens (tertiary/aromatic N) is 4. The summed E-state index contributed by atoms with van der Waals surface area (Å²) in [5.41, 5.74) is 2.10. The highest BCUT2D eigenvalue weighted by Gasteiger charge is 2.44. The Hall–Kier alpha value is -5.23. The van der Waals surface area contributed by atoms with E-state index in [1.807, 2.05) is 60.5 Å². The second-order valence-corrected chi connectivity index (χ2v) is 10.4. The van der Waals surface area contributed by atoms with Crippen LogP contribution >= 0.6 is 0 Å². The van der Waals surface area contributed by atoms with Gasteiger partial charge in [0, 0.05) is 54.7 Å². The first-order chi connectivity index (χ1) is 21.1. The van der Waals surface area contributed by atoms with Gasteiger partial charge in [-0.15, -0.1) is 0 Å². The number of carbonyl (C=O) groups excluding carboxylic acids is 3. The Morgan fingerprint density at radius 2 is 1.55 bits per heavy atom. The summed E-state index contributed by atoms with van der Waals surface area (Å²) in [7, 11) is 1.89. The summed E-state index contributed by atoms with van der Waals surface area (Å²) in [5.74, 6) is -4.11. The average Bonchev–Trinajstić information content (AvgIpc) is 3.64. The monoisotopic (exact) mass is 601 g/mol. The fraction of sp³-hybridized carbons (Fsp3) is 0.188. The maximum Gasteiger partial charge on any atom is 0.456 e. The van der Waals surface area contributed by atoms with E-state index in [9.17, 15) is 27.6 Å². The molecule has 0 spiro atoms. The van der Waals surface area contributed by atoms with Gasteiger partial charge in [0.2, 0.25) is 11.8 Å². The van der Waals surface area contributed by atoms with Crippen LogP contribution in [0.25, 0.3) is 28.1 Å². The summed E-state index contributed by atoms with van der Waals surface area (Å²) < 4.78 is 47.5. The number of ketones is 2. The number of piperazine rings is 1. The fourth-order valence-corrected chi connectivity index (χ4v) is 5.13. The van der Waals surface area contributed by atoms with Crippen molar-refractivity contribution in [3.63, 3.8) is 0 Å². The van der Waals surface area contributed by atoms with Gasteiger partial charge in [-0.05, 0) is 55.1 Å². The van der Waals surface area contributed by atoms with E-state index in [1.165, 1.54) is 24.3 Å². The molecule has 0 unspecified atom stereocenters. The largest absolute Gasteiger partial charge is 0.456 e. The Kier molecular flexibility index (Phi) is 7.52. The molecular weight excluding hydrogens is 575 g/mol. The number of hydrogen-bond acceptors (Lipinski definition) is 7. The molecule has 5 aromatic rings. The third-order valence-electron chi connectivity index (χ3n) is 7.45. The molecule has 1 fully saturated rings. The van der Waals surface area contributed by atoms with Crippen molar-refractivity contribution in [1.82, 2.24) is 14.3 Å². The van der Waals surface area contributed by atoms with E-state index < -0.39 is 29.3 Å². The number of oxazole rings is 1. The molecule has 0 radical (unpaired) electrons. The number of halogens is 3. The van der Waals surface area contributed by atoms with Crippen LogP contribution in [0.1, 0.15) is 21.0 Å². The summed E-state index contributed by atoms with van der Waals surface area (Å²) >= 11 is 0. The zero-order valence-electron chi connectivity index (χ0n) is 23.5. The zero-order valence-corrected chi connectivity index (χ0v) is 23.5. The number of anilines is 2. The molecule has 1 aliphatic heterocycles. The highest BCUT2D eigenvalue weighted by atomic mass is 19.4. The number of likely N-dealkylation sites (N-methyl/N-ethyl adjacent to an activating group) is 1. The standard InChI is InChI=1S/C32H26F3N5O4/c1-38-15-17-39(18-16-38)31-25(28(42)32(33,34)35)37-30(44-31)21-10-12-22(13-11-21)36-29(43)27(41)26-24(20-7-3-2-4-8-20)19-23-9-5-6-14-40(23)26/h2-14,19H,15-18H2,1H3,(H,36,43). The predicted molar refractivity (Wildman–Crippen MR) is 158 cm³/mol. The van der Waals surface area contributed by atoms with Gasteiger partial charge >= 0.3 is 6.18 Å². The van der Waals surface area contributed by atoms with E-state index in [2.05, 4.69) is 10.3 Å². The Balaban J connectivity index is 1.25. The highest BCUT2D eigenvalue weighted by molar-refractivity contribution is 6.47. The molecule has 1 amide bonds. The Morgan fingerprint density at radius 1 is 0.864 bits per heavy atom. The summed E-state index contributed by atoms with van der Waals surface area (Å²) in [4.78, 5) is 46.3. The van der Waals surface area contributed by atoms with Crippen LogP contribution in [0.4, 0.5) is 24.7 Å². The quantitative estimate of drug-likeness (QED) is 0.192. The van der Waals surface area contributed by atoms with E-state index in [0.29, 0.717) is 31.7 Å².